The van der Waals surface area contributed by atoms with Crippen molar-refractivity contribution in [2.24, 2.45) is 0 Å². The van der Waals surface area contributed by atoms with Crippen molar-refractivity contribution in [1.82, 2.24) is 15.3 Å². The smallest absolute Gasteiger partial charge is 0.443 e. The van der Waals surface area contributed by atoms with E-state index in [9.17, 15) is 22.8 Å². The molecule has 2 amide bonds. The van der Waals surface area contributed by atoms with Crippen molar-refractivity contribution in [2.75, 3.05) is 26.2 Å². The van der Waals surface area contributed by atoms with Gasteiger partial charge in [0.05, 0.1) is 6.54 Å². The van der Waals surface area contributed by atoms with Gasteiger partial charge in [0.2, 0.25) is 0 Å². The fourth-order valence-electron chi connectivity index (χ4n) is 1.59. The van der Waals surface area contributed by atoms with E-state index in [1.807, 2.05) is 0 Å². The number of halogens is 3. The van der Waals surface area contributed by atoms with Crippen LogP contribution in [0.4, 0.5) is 18.0 Å². The zero-order valence-corrected chi connectivity index (χ0v) is 11.6. The summed E-state index contributed by atoms with van der Waals surface area (Å²) in [6, 6.07) is 0. The normalized spacial score (nSPS) is 17.7. The molecule has 20 heavy (non-hydrogen) atoms. The predicted molar refractivity (Wildman–Crippen MR) is 63.6 cm³/mol. The number of hydrogen-bond donors (Lipinski definition) is 1. The van der Waals surface area contributed by atoms with Gasteiger partial charge in [-0.1, -0.05) is 0 Å². The van der Waals surface area contributed by atoms with Crippen molar-refractivity contribution in [3.8, 4) is 0 Å². The lowest BCUT2D eigenvalue weighted by Gasteiger charge is -2.26. The van der Waals surface area contributed by atoms with Gasteiger partial charge < -0.3 is 9.64 Å². The lowest BCUT2D eigenvalue weighted by molar-refractivity contribution is -0.185. The molecule has 1 heterocycles. The highest BCUT2D eigenvalue weighted by atomic mass is 19.4. The molecule has 1 rings (SSSR count). The molecule has 1 N–H and O–H groups in total. The topological polar surface area (TPSA) is 61.9 Å². The second-order valence-electron chi connectivity index (χ2n) is 5.33. The molecule has 0 unspecified atom stereocenters. The first kappa shape index (κ1) is 16.5. The molecule has 0 radical (unpaired) electrons. The Kier molecular flexibility index (Phi) is 4.85. The summed E-state index contributed by atoms with van der Waals surface area (Å²) in [4.78, 5) is 23.5. The number of carbonyl (C=O) groups is 2. The van der Waals surface area contributed by atoms with Gasteiger partial charge in [-0.3, -0.25) is 4.79 Å². The van der Waals surface area contributed by atoms with Crippen LogP contribution in [-0.4, -0.2) is 59.9 Å². The van der Waals surface area contributed by atoms with Gasteiger partial charge in [0, 0.05) is 19.6 Å². The van der Waals surface area contributed by atoms with Crippen LogP contribution in [0.25, 0.3) is 0 Å². The summed E-state index contributed by atoms with van der Waals surface area (Å²) in [6.07, 6.45) is -5.58. The van der Waals surface area contributed by atoms with Crippen LogP contribution in [0.1, 0.15) is 20.8 Å². The number of nitrogens with zero attached hydrogens (tertiary/aromatic N) is 2. The molecule has 0 aliphatic carbocycles. The number of nitrogens with one attached hydrogen (secondary N) is 1. The van der Waals surface area contributed by atoms with E-state index in [2.05, 4.69) is 5.43 Å². The Morgan fingerprint density at radius 2 is 1.70 bits per heavy atom. The number of alkyl halides is 3. The zero-order valence-electron chi connectivity index (χ0n) is 11.6. The number of hydrogen-bond acceptors (Lipinski definition) is 4. The standard InChI is InChI=1S/C11H18F3N3O3/c1-10(2,3)20-9(19)17-7-6-16(5-4-15-17)8(18)11(12,13)14/h15H,4-7H2,1-3H3. The second kappa shape index (κ2) is 5.86. The molecule has 0 atom stereocenters. The highest BCUT2D eigenvalue weighted by molar-refractivity contribution is 5.82. The molecule has 0 aromatic carbocycles. The summed E-state index contributed by atoms with van der Waals surface area (Å²) in [5, 5.41) is 1.08. The van der Waals surface area contributed by atoms with Crippen LogP contribution in [-0.2, 0) is 9.53 Å². The van der Waals surface area contributed by atoms with E-state index in [4.69, 9.17) is 4.74 Å². The fourth-order valence-corrected chi connectivity index (χ4v) is 1.59. The lowest BCUT2D eigenvalue weighted by atomic mass is 10.2. The van der Waals surface area contributed by atoms with Crippen molar-refractivity contribution < 1.29 is 27.5 Å². The number of hydrazine groups is 1. The molecule has 116 valence electrons. The first-order chi connectivity index (χ1) is 9.00. The number of carbonyl (C=O) groups excluding carboxylic acids is 2. The molecule has 0 aromatic rings. The highest BCUT2D eigenvalue weighted by Gasteiger charge is 2.43. The SMILES string of the molecule is CC(C)(C)OC(=O)N1CCN(C(=O)C(F)(F)F)CCN1. The monoisotopic (exact) mass is 297 g/mol. The number of rotatable bonds is 0. The average Bonchev–Trinajstić information content (AvgIpc) is 2.49. The molecule has 1 aliphatic rings. The first-order valence-corrected chi connectivity index (χ1v) is 6.11. The maximum atomic E-state index is 12.3. The van der Waals surface area contributed by atoms with Gasteiger partial charge in [-0.05, 0) is 20.8 Å². The molecule has 1 aliphatic heterocycles. The largest absolute Gasteiger partial charge is 0.471 e. The molecule has 0 aromatic heterocycles. The van der Waals surface area contributed by atoms with Crippen LogP contribution >= 0.6 is 0 Å². The third kappa shape index (κ3) is 4.87. The Balaban J connectivity index is 2.60. The van der Waals surface area contributed by atoms with Crippen molar-refractivity contribution in [3.63, 3.8) is 0 Å². The zero-order chi connectivity index (χ0) is 15.6. The summed E-state index contributed by atoms with van der Waals surface area (Å²) in [6.45, 7) is 4.69. The molecule has 0 saturated carbocycles. The van der Waals surface area contributed by atoms with Crippen molar-refractivity contribution >= 4 is 12.0 Å². The Hall–Kier alpha value is -1.51. The Morgan fingerprint density at radius 3 is 2.20 bits per heavy atom. The Morgan fingerprint density at radius 1 is 1.10 bits per heavy atom. The average molecular weight is 297 g/mol. The molecule has 6 nitrogen and oxygen atoms in total. The lowest BCUT2D eigenvalue weighted by Crippen LogP contribution is -2.46. The van der Waals surface area contributed by atoms with Crippen molar-refractivity contribution in [2.45, 2.75) is 32.5 Å². The van der Waals surface area contributed by atoms with Gasteiger partial charge >= 0.3 is 18.2 Å². The maximum absolute atomic E-state index is 12.3. The van der Waals surface area contributed by atoms with Crippen LogP contribution in [0.2, 0.25) is 0 Å². The van der Waals surface area contributed by atoms with E-state index in [-0.39, 0.29) is 26.2 Å². The first-order valence-electron chi connectivity index (χ1n) is 6.11. The van der Waals surface area contributed by atoms with Crippen LogP contribution in [0, 0.1) is 0 Å². The molecule has 9 heteroatoms. The summed E-state index contributed by atoms with van der Waals surface area (Å²) < 4.78 is 42.1. The van der Waals surface area contributed by atoms with E-state index < -0.39 is 23.8 Å². The highest BCUT2D eigenvalue weighted by Crippen LogP contribution is 2.18. The second-order valence-corrected chi connectivity index (χ2v) is 5.33. The molecular weight excluding hydrogens is 279 g/mol. The van der Waals surface area contributed by atoms with Crippen LogP contribution in [0.3, 0.4) is 0 Å². The third-order valence-electron chi connectivity index (χ3n) is 2.42. The minimum atomic E-state index is -4.90. The van der Waals surface area contributed by atoms with Crippen LogP contribution in [0.15, 0.2) is 0 Å². The van der Waals surface area contributed by atoms with Gasteiger partial charge in [-0.25, -0.2) is 15.2 Å². The molecule has 0 bridgehead atoms. The quantitative estimate of drug-likeness (QED) is 0.728. The van der Waals surface area contributed by atoms with E-state index in [0.29, 0.717) is 4.90 Å². The van der Waals surface area contributed by atoms with Gasteiger partial charge in [0.25, 0.3) is 0 Å². The molecule has 1 saturated heterocycles. The van der Waals surface area contributed by atoms with E-state index in [1.165, 1.54) is 0 Å². The fraction of sp³-hybridized carbons (Fsp3) is 0.818. The Labute approximate surface area is 114 Å². The van der Waals surface area contributed by atoms with E-state index >= 15 is 0 Å². The summed E-state index contributed by atoms with van der Waals surface area (Å²) in [7, 11) is 0. The minimum absolute atomic E-state index is 0.0427. The number of ether oxygens (including phenoxy) is 1. The predicted octanol–water partition coefficient (Wildman–Crippen LogP) is 1.13. The van der Waals surface area contributed by atoms with E-state index in [0.717, 1.165) is 5.01 Å². The van der Waals surface area contributed by atoms with Gasteiger partial charge in [0.1, 0.15) is 5.60 Å². The Bertz CT molecular complexity index is 379. The van der Waals surface area contributed by atoms with E-state index in [1.54, 1.807) is 20.8 Å². The van der Waals surface area contributed by atoms with Crippen molar-refractivity contribution in [3.05, 3.63) is 0 Å². The molecular formula is C11H18F3N3O3. The van der Waals surface area contributed by atoms with Gasteiger partial charge in [-0.15, -0.1) is 0 Å². The summed E-state index contributed by atoms with van der Waals surface area (Å²) in [5.74, 6) is -1.90. The summed E-state index contributed by atoms with van der Waals surface area (Å²) in [5.41, 5.74) is 1.94. The molecule has 0 spiro atoms. The van der Waals surface area contributed by atoms with Gasteiger partial charge in [0.15, 0.2) is 0 Å². The maximum Gasteiger partial charge on any atom is 0.471 e. The van der Waals surface area contributed by atoms with Crippen LogP contribution in [0.5, 0.6) is 0 Å². The minimum Gasteiger partial charge on any atom is -0.443 e. The molecule has 1 fully saturated rings. The van der Waals surface area contributed by atoms with Crippen molar-refractivity contribution in [1.29, 1.82) is 0 Å². The third-order valence-corrected chi connectivity index (χ3v) is 2.42. The van der Waals surface area contributed by atoms with Gasteiger partial charge in [-0.2, -0.15) is 13.2 Å². The summed E-state index contributed by atoms with van der Waals surface area (Å²) >= 11 is 0. The number of amides is 2. The van der Waals surface area contributed by atoms with Crippen LogP contribution < -0.4 is 5.43 Å².